The van der Waals surface area contributed by atoms with Crippen LogP contribution in [0.25, 0.3) is 21.9 Å². The zero-order valence-corrected chi connectivity index (χ0v) is 16.3. The second kappa shape index (κ2) is 8.91. The lowest BCUT2D eigenvalue weighted by Crippen LogP contribution is -2.29. The molecule has 0 saturated carbocycles. The Bertz CT molecular complexity index is 978. The van der Waals surface area contributed by atoms with E-state index in [1.165, 1.54) is 55.2 Å². The van der Waals surface area contributed by atoms with E-state index < -0.39 is 0 Å². The van der Waals surface area contributed by atoms with E-state index in [2.05, 4.69) is 52.7 Å². The van der Waals surface area contributed by atoms with Crippen LogP contribution >= 0.6 is 0 Å². The van der Waals surface area contributed by atoms with Gasteiger partial charge in [-0.25, -0.2) is 0 Å². The van der Waals surface area contributed by atoms with Gasteiger partial charge in [-0.15, -0.1) is 0 Å². The molecule has 1 aliphatic rings. The fraction of sp³-hybridized carbons (Fsp3) is 0.320. The van der Waals surface area contributed by atoms with Gasteiger partial charge in [0.15, 0.2) is 0 Å². The predicted octanol–water partition coefficient (Wildman–Crippen LogP) is 5.67. The molecule has 142 valence electrons. The van der Waals surface area contributed by atoms with E-state index in [1.54, 1.807) is 0 Å². The molecule has 1 N–H and O–H groups in total. The van der Waals surface area contributed by atoms with Crippen LogP contribution in [0.1, 0.15) is 31.2 Å². The first-order valence-electron chi connectivity index (χ1n) is 10.3. The molecule has 3 nitrogen and oxygen atoms in total. The van der Waals surface area contributed by atoms with Crippen molar-refractivity contribution in [1.29, 1.82) is 5.26 Å². The molecule has 4 rings (SSSR count). The predicted molar refractivity (Wildman–Crippen MR) is 117 cm³/mol. The van der Waals surface area contributed by atoms with Gasteiger partial charge in [-0.2, -0.15) is 5.26 Å². The molecule has 1 fully saturated rings. The number of likely N-dealkylation sites (tertiary alicyclic amines) is 1. The summed E-state index contributed by atoms with van der Waals surface area (Å²) in [4.78, 5) is 2.58. The summed E-state index contributed by atoms with van der Waals surface area (Å²) in [6, 6.07) is 23.1. The fourth-order valence-electron chi connectivity index (χ4n) is 4.07. The lowest BCUT2D eigenvalue weighted by molar-refractivity contribution is 0.296. The van der Waals surface area contributed by atoms with Crippen LogP contribution in [0.3, 0.4) is 0 Å². The van der Waals surface area contributed by atoms with Gasteiger partial charge in [-0.05, 0) is 72.1 Å². The molecule has 0 radical (unpaired) electrons. The first kappa shape index (κ1) is 18.5. The van der Waals surface area contributed by atoms with Crippen LogP contribution < -0.4 is 5.32 Å². The summed E-state index contributed by atoms with van der Waals surface area (Å²) in [6.07, 6.45) is 5.45. The molecule has 0 aromatic heterocycles. The highest BCUT2D eigenvalue weighted by Gasteiger charge is 2.08. The Hall–Kier alpha value is -2.83. The zero-order chi connectivity index (χ0) is 19.2. The van der Waals surface area contributed by atoms with E-state index in [-0.39, 0.29) is 0 Å². The Morgan fingerprint density at radius 1 is 0.857 bits per heavy atom. The summed E-state index contributed by atoms with van der Waals surface area (Å²) in [6.45, 7) is 4.58. The number of hydrogen-bond donors (Lipinski definition) is 1. The van der Waals surface area contributed by atoms with Crippen molar-refractivity contribution in [2.45, 2.75) is 25.7 Å². The van der Waals surface area contributed by atoms with Crippen LogP contribution in [-0.4, -0.2) is 31.1 Å². The van der Waals surface area contributed by atoms with E-state index in [0.717, 1.165) is 24.2 Å². The van der Waals surface area contributed by atoms with Crippen LogP contribution in [-0.2, 0) is 0 Å². The van der Waals surface area contributed by atoms with E-state index in [1.807, 2.05) is 24.3 Å². The van der Waals surface area contributed by atoms with Crippen molar-refractivity contribution < 1.29 is 0 Å². The van der Waals surface area contributed by atoms with Crippen molar-refractivity contribution in [3.8, 4) is 17.2 Å². The topological polar surface area (TPSA) is 39.1 Å². The Balaban J connectivity index is 1.45. The van der Waals surface area contributed by atoms with Crippen LogP contribution in [0.15, 0.2) is 60.7 Å². The molecular weight excluding hydrogens is 342 g/mol. The molecule has 3 aromatic carbocycles. The molecule has 0 unspecified atom stereocenters. The Kier molecular flexibility index (Phi) is 5.89. The standard InChI is InChI=1S/C25H27N3/c26-19-23-7-3-4-8-25(23)22-10-9-21-18-24(12-11-20(21)17-22)27-13-16-28-14-5-1-2-6-15-28/h3-4,7-12,17-18,27H,1-2,5-6,13-16H2. The largest absolute Gasteiger partial charge is 0.384 e. The maximum absolute atomic E-state index is 9.36. The average Bonchev–Trinajstić information content (AvgIpc) is 3.02. The van der Waals surface area contributed by atoms with E-state index in [9.17, 15) is 5.26 Å². The molecule has 1 heterocycles. The SMILES string of the molecule is N#Cc1ccccc1-c1ccc2cc(NCCN3CCCCCC3)ccc2c1. The monoisotopic (exact) mass is 369 g/mol. The molecule has 28 heavy (non-hydrogen) atoms. The molecule has 3 aromatic rings. The average molecular weight is 370 g/mol. The lowest BCUT2D eigenvalue weighted by atomic mass is 9.97. The van der Waals surface area contributed by atoms with Gasteiger partial charge < -0.3 is 10.2 Å². The summed E-state index contributed by atoms with van der Waals surface area (Å²) in [5.74, 6) is 0. The smallest absolute Gasteiger partial charge is 0.0998 e. The molecule has 1 saturated heterocycles. The molecule has 0 aliphatic carbocycles. The maximum Gasteiger partial charge on any atom is 0.0998 e. The third-order valence-corrected chi connectivity index (χ3v) is 5.65. The lowest BCUT2D eigenvalue weighted by Gasteiger charge is -2.20. The zero-order valence-electron chi connectivity index (χ0n) is 16.3. The number of nitrogens with one attached hydrogen (secondary N) is 1. The van der Waals surface area contributed by atoms with Gasteiger partial charge in [0.2, 0.25) is 0 Å². The Morgan fingerprint density at radius 2 is 1.61 bits per heavy atom. The molecule has 0 amide bonds. The Labute approximate surface area is 167 Å². The van der Waals surface area contributed by atoms with Crippen molar-refractivity contribution in [3.05, 3.63) is 66.2 Å². The number of hydrogen-bond acceptors (Lipinski definition) is 3. The van der Waals surface area contributed by atoms with Crippen LogP contribution in [0.4, 0.5) is 5.69 Å². The first-order valence-corrected chi connectivity index (χ1v) is 10.3. The summed E-state index contributed by atoms with van der Waals surface area (Å²) < 4.78 is 0. The van der Waals surface area contributed by atoms with Gasteiger partial charge in [-0.1, -0.05) is 49.2 Å². The minimum atomic E-state index is 0.716. The normalized spacial score (nSPS) is 15.1. The molecule has 0 atom stereocenters. The highest BCUT2D eigenvalue weighted by atomic mass is 15.1. The second-order valence-corrected chi connectivity index (χ2v) is 7.62. The van der Waals surface area contributed by atoms with Gasteiger partial charge >= 0.3 is 0 Å². The fourth-order valence-corrected chi connectivity index (χ4v) is 4.07. The maximum atomic E-state index is 9.36. The third-order valence-electron chi connectivity index (χ3n) is 5.65. The molecule has 1 aliphatic heterocycles. The van der Waals surface area contributed by atoms with Crippen LogP contribution in [0.2, 0.25) is 0 Å². The number of nitrogens with zero attached hydrogens (tertiary/aromatic N) is 2. The minimum Gasteiger partial charge on any atom is -0.384 e. The van der Waals surface area contributed by atoms with Crippen LogP contribution in [0.5, 0.6) is 0 Å². The highest BCUT2D eigenvalue weighted by Crippen LogP contribution is 2.28. The van der Waals surface area contributed by atoms with Gasteiger partial charge in [0.1, 0.15) is 0 Å². The van der Waals surface area contributed by atoms with Gasteiger partial charge in [0, 0.05) is 18.8 Å². The number of fused-ring (bicyclic) bond motifs is 1. The summed E-state index contributed by atoms with van der Waals surface area (Å²) in [5.41, 5.74) is 3.97. The third kappa shape index (κ3) is 4.35. The van der Waals surface area contributed by atoms with Gasteiger partial charge in [0.25, 0.3) is 0 Å². The van der Waals surface area contributed by atoms with E-state index >= 15 is 0 Å². The van der Waals surface area contributed by atoms with Crippen molar-refractivity contribution in [2.24, 2.45) is 0 Å². The van der Waals surface area contributed by atoms with Gasteiger partial charge in [-0.3, -0.25) is 0 Å². The quantitative estimate of drug-likeness (QED) is 0.630. The molecular formula is C25H27N3. The number of rotatable bonds is 5. The highest BCUT2D eigenvalue weighted by molar-refractivity contribution is 5.90. The second-order valence-electron chi connectivity index (χ2n) is 7.62. The van der Waals surface area contributed by atoms with Crippen LogP contribution in [0, 0.1) is 11.3 Å². The summed E-state index contributed by atoms with van der Waals surface area (Å²) >= 11 is 0. The minimum absolute atomic E-state index is 0.716. The molecule has 0 bridgehead atoms. The van der Waals surface area contributed by atoms with Crippen molar-refractivity contribution >= 4 is 16.5 Å². The van der Waals surface area contributed by atoms with E-state index in [0.29, 0.717) is 5.56 Å². The van der Waals surface area contributed by atoms with Crippen molar-refractivity contribution in [2.75, 3.05) is 31.5 Å². The van der Waals surface area contributed by atoms with Gasteiger partial charge in [0.05, 0.1) is 11.6 Å². The Morgan fingerprint density at radius 3 is 2.43 bits per heavy atom. The number of nitriles is 1. The van der Waals surface area contributed by atoms with Crippen molar-refractivity contribution in [1.82, 2.24) is 4.90 Å². The summed E-state index contributed by atoms with van der Waals surface area (Å²) in [7, 11) is 0. The number of anilines is 1. The van der Waals surface area contributed by atoms with Crippen molar-refractivity contribution in [3.63, 3.8) is 0 Å². The van der Waals surface area contributed by atoms with E-state index in [4.69, 9.17) is 0 Å². The molecule has 3 heteroatoms. The molecule has 0 spiro atoms. The first-order chi connectivity index (χ1) is 13.8. The summed E-state index contributed by atoms with van der Waals surface area (Å²) in [5, 5.41) is 15.4. The number of benzene rings is 3.